The summed E-state index contributed by atoms with van der Waals surface area (Å²) in [4.78, 5) is 16.4. The van der Waals surface area contributed by atoms with E-state index in [4.69, 9.17) is 4.74 Å². The van der Waals surface area contributed by atoms with Gasteiger partial charge < -0.3 is 10.1 Å². The number of aliphatic imine (C=N–C) groups is 1. The minimum absolute atomic E-state index is 0.253. The number of carbonyl (C=O) groups excluding carboxylic acids is 1. The van der Waals surface area contributed by atoms with Crippen molar-refractivity contribution in [3.63, 3.8) is 0 Å². The van der Waals surface area contributed by atoms with Crippen LogP contribution in [0.25, 0.3) is 0 Å². The fraction of sp³-hybridized carbons (Fsp3) is 0.400. The summed E-state index contributed by atoms with van der Waals surface area (Å²) in [6.45, 7) is 4.76. The van der Waals surface area contributed by atoms with Crippen LogP contribution in [0.1, 0.15) is 29.1 Å². The standard InChI is InChI=1S/C10H12N2O2S/c1-3-14-10(13)8-4-7-5-11-6(2)12-9(7)15-8/h4H,3,5H2,1-2H3,(H,11,12). The second-order valence-corrected chi connectivity index (χ2v) is 4.26. The number of nitrogens with zero attached hydrogens (tertiary/aromatic N) is 1. The summed E-state index contributed by atoms with van der Waals surface area (Å²) >= 11 is 1.42. The fourth-order valence-electron chi connectivity index (χ4n) is 1.36. The van der Waals surface area contributed by atoms with Crippen molar-refractivity contribution in [3.8, 4) is 0 Å². The molecule has 0 bridgehead atoms. The Kier molecular flexibility index (Phi) is 2.73. The van der Waals surface area contributed by atoms with E-state index in [0.29, 0.717) is 18.0 Å². The van der Waals surface area contributed by atoms with Gasteiger partial charge in [-0.2, -0.15) is 0 Å². The third-order valence-corrected chi connectivity index (χ3v) is 3.14. The first-order chi connectivity index (χ1) is 7.20. The van der Waals surface area contributed by atoms with Gasteiger partial charge in [0.25, 0.3) is 0 Å². The summed E-state index contributed by atoms with van der Waals surface area (Å²) in [7, 11) is 0. The molecule has 0 saturated carbocycles. The maximum Gasteiger partial charge on any atom is 0.348 e. The van der Waals surface area contributed by atoms with E-state index in [1.807, 2.05) is 13.0 Å². The van der Waals surface area contributed by atoms with Crippen molar-refractivity contribution in [1.29, 1.82) is 0 Å². The molecule has 5 heteroatoms. The number of fused-ring (bicyclic) bond motifs is 1. The Morgan fingerprint density at radius 3 is 3.27 bits per heavy atom. The van der Waals surface area contributed by atoms with Crippen LogP contribution in [0.5, 0.6) is 0 Å². The molecular weight excluding hydrogens is 212 g/mol. The average Bonchev–Trinajstić information content (AvgIpc) is 2.60. The SMILES string of the molecule is CCOC(=O)c1cc2c(s1)NC(C)=NC2. The van der Waals surface area contributed by atoms with Crippen LogP contribution in [0.3, 0.4) is 0 Å². The van der Waals surface area contributed by atoms with E-state index in [1.165, 1.54) is 11.3 Å². The number of ether oxygens (including phenoxy) is 1. The highest BCUT2D eigenvalue weighted by molar-refractivity contribution is 7.18. The van der Waals surface area contributed by atoms with Gasteiger partial charge in [-0.05, 0) is 19.9 Å². The van der Waals surface area contributed by atoms with E-state index in [-0.39, 0.29) is 5.97 Å². The number of thiophene rings is 1. The fourth-order valence-corrected chi connectivity index (χ4v) is 2.38. The van der Waals surface area contributed by atoms with Crippen LogP contribution in [0, 0.1) is 0 Å². The zero-order valence-corrected chi connectivity index (χ0v) is 9.48. The van der Waals surface area contributed by atoms with E-state index in [0.717, 1.165) is 16.4 Å². The van der Waals surface area contributed by atoms with E-state index in [2.05, 4.69) is 10.3 Å². The van der Waals surface area contributed by atoms with Crippen molar-refractivity contribution in [1.82, 2.24) is 0 Å². The number of anilines is 1. The van der Waals surface area contributed by atoms with Crippen molar-refractivity contribution in [2.75, 3.05) is 11.9 Å². The minimum Gasteiger partial charge on any atom is -0.462 e. The molecule has 1 aromatic rings. The smallest absolute Gasteiger partial charge is 0.348 e. The Morgan fingerprint density at radius 2 is 2.53 bits per heavy atom. The van der Waals surface area contributed by atoms with Crippen LogP contribution in [0.4, 0.5) is 5.00 Å². The van der Waals surface area contributed by atoms with E-state index >= 15 is 0 Å². The topological polar surface area (TPSA) is 50.7 Å². The molecule has 0 unspecified atom stereocenters. The highest BCUT2D eigenvalue weighted by Gasteiger charge is 2.17. The molecule has 4 nitrogen and oxygen atoms in total. The molecule has 0 amide bonds. The second kappa shape index (κ2) is 4.02. The molecule has 1 aliphatic rings. The first kappa shape index (κ1) is 10.2. The largest absolute Gasteiger partial charge is 0.462 e. The first-order valence-corrected chi connectivity index (χ1v) is 5.60. The maximum atomic E-state index is 11.5. The predicted molar refractivity (Wildman–Crippen MR) is 60.7 cm³/mol. The maximum absolute atomic E-state index is 11.5. The molecule has 0 saturated heterocycles. The normalized spacial score (nSPS) is 13.9. The lowest BCUT2D eigenvalue weighted by Gasteiger charge is -2.10. The lowest BCUT2D eigenvalue weighted by Crippen LogP contribution is -2.11. The van der Waals surface area contributed by atoms with Gasteiger partial charge in [0.15, 0.2) is 0 Å². The summed E-state index contributed by atoms with van der Waals surface area (Å²) in [5.74, 6) is 0.635. The summed E-state index contributed by atoms with van der Waals surface area (Å²) in [5, 5.41) is 4.14. The number of carbonyl (C=O) groups is 1. The average molecular weight is 224 g/mol. The van der Waals surface area contributed by atoms with Crippen LogP contribution >= 0.6 is 11.3 Å². The van der Waals surface area contributed by atoms with Crippen LogP contribution in [0.15, 0.2) is 11.1 Å². The molecule has 0 fully saturated rings. The molecule has 0 aliphatic carbocycles. The van der Waals surface area contributed by atoms with E-state index in [1.54, 1.807) is 6.92 Å². The molecule has 1 aromatic heterocycles. The van der Waals surface area contributed by atoms with Gasteiger partial charge in [-0.25, -0.2) is 4.79 Å². The summed E-state index contributed by atoms with van der Waals surface area (Å²) in [6, 6.07) is 1.85. The molecule has 15 heavy (non-hydrogen) atoms. The number of hydrogen-bond donors (Lipinski definition) is 1. The van der Waals surface area contributed by atoms with Crippen LogP contribution < -0.4 is 5.32 Å². The summed E-state index contributed by atoms with van der Waals surface area (Å²) in [6.07, 6.45) is 0. The Balaban J connectivity index is 2.21. The van der Waals surface area contributed by atoms with Crippen LogP contribution in [0.2, 0.25) is 0 Å². The van der Waals surface area contributed by atoms with Crippen molar-refractivity contribution >= 4 is 28.1 Å². The third-order valence-electron chi connectivity index (χ3n) is 2.07. The number of esters is 1. The Bertz CT molecular complexity index is 423. The Labute approximate surface area is 92.0 Å². The predicted octanol–water partition coefficient (Wildman–Crippen LogP) is 2.27. The lowest BCUT2D eigenvalue weighted by molar-refractivity contribution is 0.0532. The zero-order chi connectivity index (χ0) is 10.8. The molecular formula is C10H12N2O2S. The zero-order valence-electron chi connectivity index (χ0n) is 8.66. The van der Waals surface area contributed by atoms with Crippen LogP contribution in [-0.4, -0.2) is 18.4 Å². The van der Waals surface area contributed by atoms with Crippen molar-refractivity contribution < 1.29 is 9.53 Å². The molecule has 0 radical (unpaired) electrons. The van der Waals surface area contributed by atoms with Crippen molar-refractivity contribution in [2.45, 2.75) is 20.4 Å². The van der Waals surface area contributed by atoms with Gasteiger partial charge in [0.05, 0.1) is 24.0 Å². The van der Waals surface area contributed by atoms with Gasteiger partial charge in [-0.1, -0.05) is 0 Å². The van der Waals surface area contributed by atoms with E-state index in [9.17, 15) is 4.79 Å². The molecule has 0 aromatic carbocycles. The molecule has 1 aliphatic heterocycles. The van der Waals surface area contributed by atoms with Gasteiger partial charge in [0.2, 0.25) is 0 Å². The van der Waals surface area contributed by atoms with Crippen molar-refractivity contribution in [2.24, 2.45) is 4.99 Å². The summed E-state index contributed by atoms with van der Waals surface area (Å²) < 4.78 is 4.94. The van der Waals surface area contributed by atoms with Gasteiger partial charge in [-0.3, -0.25) is 4.99 Å². The van der Waals surface area contributed by atoms with Gasteiger partial charge in [0.1, 0.15) is 4.88 Å². The minimum atomic E-state index is -0.253. The highest BCUT2D eigenvalue weighted by Crippen LogP contribution is 2.31. The molecule has 2 heterocycles. The van der Waals surface area contributed by atoms with Crippen molar-refractivity contribution in [3.05, 3.63) is 16.5 Å². The lowest BCUT2D eigenvalue weighted by atomic mass is 10.2. The molecule has 80 valence electrons. The monoisotopic (exact) mass is 224 g/mol. The van der Waals surface area contributed by atoms with Gasteiger partial charge >= 0.3 is 5.97 Å². The summed E-state index contributed by atoms with van der Waals surface area (Å²) in [5.41, 5.74) is 1.06. The molecule has 0 spiro atoms. The first-order valence-electron chi connectivity index (χ1n) is 4.78. The molecule has 1 N–H and O–H groups in total. The number of nitrogens with one attached hydrogen (secondary N) is 1. The molecule has 2 rings (SSSR count). The van der Waals surface area contributed by atoms with Crippen LogP contribution in [-0.2, 0) is 11.3 Å². The highest BCUT2D eigenvalue weighted by atomic mass is 32.1. The number of hydrogen-bond acceptors (Lipinski definition) is 5. The number of rotatable bonds is 2. The van der Waals surface area contributed by atoms with Gasteiger partial charge in [0, 0.05) is 5.56 Å². The Hall–Kier alpha value is -1.36. The number of amidine groups is 1. The van der Waals surface area contributed by atoms with E-state index < -0.39 is 0 Å². The van der Waals surface area contributed by atoms with Gasteiger partial charge in [-0.15, -0.1) is 11.3 Å². The second-order valence-electron chi connectivity index (χ2n) is 3.21. The molecule has 0 atom stereocenters. The Morgan fingerprint density at radius 1 is 1.73 bits per heavy atom. The quantitative estimate of drug-likeness (QED) is 0.784. The third kappa shape index (κ3) is 2.02.